The first-order valence-electron chi connectivity index (χ1n) is 7.98. The summed E-state index contributed by atoms with van der Waals surface area (Å²) < 4.78 is 0. The van der Waals surface area contributed by atoms with Gasteiger partial charge in [-0.1, -0.05) is 24.3 Å². The summed E-state index contributed by atoms with van der Waals surface area (Å²) in [6, 6.07) is 11.2. The Labute approximate surface area is 116 Å². The molecule has 2 fully saturated rings. The van der Waals surface area contributed by atoms with Crippen molar-refractivity contribution in [3.8, 4) is 0 Å². The predicted octanol–water partition coefficient (Wildman–Crippen LogP) is 2.89. The topological polar surface area (TPSA) is 15.3 Å². The first-order valence-corrected chi connectivity index (χ1v) is 7.98. The monoisotopic (exact) mass is 256 g/mol. The molecule has 2 nitrogen and oxygen atoms in total. The molecule has 1 aromatic carbocycles. The number of nitrogens with one attached hydrogen (secondary N) is 1. The van der Waals surface area contributed by atoms with Crippen molar-refractivity contribution in [2.75, 3.05) is 13.1 Å². The van der Waals surface area contributed by atoms with Gasteiger partial charge in [0.05, 0.1) is 0 Å². The third kappa shape index (κ3) is 2.21. The number of nitrogens with zero attached hydrogens (tertiary/aromatic N) is 1. The van der Waals surface area contributed by atoms with Gasteiger partial charge in [-0.05, 0) is 62.7 Å². The zero-order valence-electron chi connectivity index (χ0n) is 11.6. The highest BCUT2D eigenvalue weighted by Crippen LogP contribution is 2.33. The van der Waals surface area contributed by atoms with E-state index in [0.29, 0.717) is 6.04 Å². The van der Waals surface area contributed by atoms with Crippen molar-refractivity contribution < 1.29 is 0 Å². The molecule has 0 amide bonds. The first kappa shape index (κ1) is 11.9. The molecule has 0 bridgehead atoms. The Balaban J connectivity index is 1.43. The van der Waals surface area contributed by atoms with Crippen LogP contribution >= 0.6 is 0 Å². The van der Waals surface area contributed by atoms with Gasteiger partial charge in [-0.15, -0.1) is 0 Å². The molecule has 2 aliphatic heterocycles. The maximum Gasteiger partial charge on any atom is 0.0328 e. The molecule has 2 saturated heterocycles. The fraction of sp³-hybridized carbons (Fsp3) is 0.647. The van der Waals surface area contributed by atoms with Crippen molar-refractivity contribution in [3.05, 3.63) is 35.4 Å². The van der Waals surface area contributed by atoms with Gasteiger partial charge in [0.2, 0.25) is 0 Å². The van der Waals surface area contributed by atoms with Crippen LogP contribution in [0.3, 0.4) is 0 Å². The van der Waals surface area contributed by atoms with E-state index in [1.807, 2.05) is 0 Å². The van der Waals surface area contributed by atoms with Gasteiger partial charge in [0.1, 0.15) is 0 Å². The van der Waals surface area contributed by atoms with Gasteiger partial charge >= 0.3 is 0 Å². The predicted molar refractivity (Wildman–Crippen MR) is 78.3 cm³/mol. The van der Waals surface area contributed by atoms with Gasteiger partial charge in [0.25, 0.3) is 0 Å². The summed E-state index contributed by atoms with van der Waals surface area (Å²) in [5, 5.41) is 3.96. The summed E-state index contributed by atoms with van der Waals surface area (Å²) in [5.74, 6) is 0. The van der Waals surface area contributed by atoms with Crippen LogP contribution in [0.4, 0.5) is 0 Å². The Morgan fingerprint density at radius 1 is 1.05 bits per heavy atom. The molecule has 0 spiro atoms. The lowest BCUT2D eigenvalue weighted by Crippen LogP contribution is -2.46. The zero-order chi connectivity index (χ0) is 12.7. The van der Waals surface area contributed by atoms with Crippen molar-refractivity contribution in [3.63, 3.8) is 0 Å². The molecule has 0 saturated carbocycles. The number of hydrogen-bond acceptors (Lipinski definition) is 2. The number of benzene rings is 1. The van der Waals surface area contributed by atoms with Gasteiger partial charge in [0, 0.05) is 18.1 Å². The molecule has 1 aromatic rings. The van der Waals surface area contributed by atoms with Crippen LogP contribution in [-0.4, -0.2) is 30.1 Å². The lowest BCUT2D eigenvalue weighted by molar-refractivity contribution is 0.161. The molecule has 4 rings (SSSR count). The largest absolute Gasteiger partial charge is 0.307 e. The van der Waals surface area contributed by atoms with Crippen LogP contribution in [0.2, 0.25) is 0 Å². The van der Waals surface area contributed by atoms with Crippen LogP contribution in [-0.2, 0) is 6.42 Å². The zero-order valence-corrected chi connectivity index (χ0v) is 11.6. The van der Waals surface area contributed by atoms with Crippen molar-refractivity contribution in [1.82, 2.24) is 10.2 Å². The minimum absolute atomic E-state index is 0.620. The average molecular weight is 256 g/mol. The molecule has 102 valence electrons. The number of hydrogen-bond donors (Lipinski definition) is 1. The Kier molecular flexibility index (Phi) is 3.08. The highest BCUT2D eigenvalue weighted by Gasteiger charge is 2.33. The summed E-state index contributed by atoms with van der Waals surface area (Å²) in [6.45, 7) is 2.67. The molecule has 1 aliphatic carbocycles. The third-order valence-corrected chi connectivity index (χ3v) is 5.39. The van der Waals surface area contributed by atoms with E-state index in [0.717, 1.165) is 12.1 Å². The molecular formula is C17H24N2. The Bertz CT molecular complexity index is 456. The van der Waals surface area contributed by atoms with E-state index in [1.165, 1.54) is 51.6 Å². The quantitative estimate of drug-likeness (QED) is 0.875. The molecule has 19 heavy (non-hydrogen) atoms. The number of rotatable bonds is 2. The van der Waals surface area contributed by atoms with Crippen molar-refractivity contribution in [1.29, 1.82) is 0 Å². The lowest BCUT2D eigenvalue weighted by atomic mass is 9.96. The highest BCUT2D eigenvalue weighted by molar-refractivity contribution is 5.34. The molecule has 3 atom stereocenters. The van der Waals surface area contributed by atoms with Crippen LogP contribution in [0.25, 0.3) is 0 Å². The van der Waals surface area contributed by atoms with E-state index < -0.39 is 0 Å². The molecule has 1 N–H and O–H groups in total. The van der Waals surface area contributed by atoms with Gasteiger partial charge in [-0.2, -0.15) is 0 Å². The van der Waals surface area contributed by atoms with Crippen molar-refractivity contribution in [2.45, 2.75) is 56.7 Å². The molecule has 0 radical (unpaired) electrons. The van der Waals surface area contributed by atoms with Crippen LogP contribution in [0, 0.1) is 0 Å². The van der Waals surface area contributed by atoms with E-state index in [1.54, 1.807) is 11.1 Å². The van der Waals surface area contributed by atoms with Gasteiger partial charge in [0.15, 0.2) is 0 Å². The van der Waals surface area contributed by atoms with Crippen LogP contribution in [0.15, 0.2) is 24.3 Å². The van der Waals surface area contributed by atoms with Gasteiger partial charge in [-0.3, -0.25) is 0 Å². The summed E-state index contributed by atoms with van der Waals surface area (Å²) in [6.07, 6.45) is 8.12. The second kappa shape index (κ2) is 4.92. The summed E-state index contributed by atoms with van der Waals surface area (Å²) in [4.78, 5) is 2.71. The second-order valence-electron chi connectivity index (χ2n) is 6.51. The number of fused-ring (bicyclic) bond motifs is 2. The van der Waals surface area contributed by atoms with E-state index in [2.05, 4.69) is 34.5 Å². The van der Waals surface area contributed by atoms with Crippen molar-refractivity contribution >= 4 is 0 Å². The smallest absolute Gasteiger partial charge is 0.0328 e. The fourth-order valence-electron chi connectivity index (χ4n) is 4.39. The lowest BCUT2D eigenvalue weighted by Gasteiger charge is -2.36. The van der Waals surface area contributed by atoms with Crippen LogP contribution in [0.1, 0.15) is 49.3 Å². The van der Waals surface area contributed by atoms with E-state index in [9.17, 15) is 0 Å². The Hall–Kier alpha value is -0.860. The molecule has 0 aromatic heterocycles. The Morgan fingerprint density at radius 2 is 2.00 bits per heavy atom. The number of aryl methyl sites for hydroxylation is 1. The summed E-state index contributed by atoms with van der Waals surface area (Å²) >= 11 is 0. The third-order valence-electron chi connectivity index (χ3n) is 5.39. The molecular weight excluding hydrogens is 232 g/mol. The fourth-order valence-corrected chi connectivity index (χ4v) is 4.39. The normalized spacial score (nSPS) is 34.2. The molecule has 3 aliphatic rings. The SMILES string of the molecule is c1ccc2c(c1)CCC2NC1CCN2CCCC2C1. The molecule has 3 unspecified atom stereocenters. The van der Waals surface area contributed by atoms with Crippen LogP contribution in [0.5, 0.6) is 0 Å². The van der Waals surface area contributed by atoms with Crippen LogP contribution < -0.4 is 5.32 Å². The van der Waals surface area contributed by atoms with Crippen molar-refractivity contribution in [2.24, 2.45) is 0 Å². The first-order chi connectivity index (χ1) is 9.40. The minimum atomic E-state index is 0.620. The second-order valence-corrected chi connectivity index (χ2v) is 6.51. The number of piperidine rings is 1. The van der Waals surface area contributed by atoms with E-state index in [-0.39, 0.29) is 0 Å². The average Bonchev–Trinajstić information content (AvgIpc) is 3.06. The Morgan fingerprint density at radius 3 is 3.00 bits per heavy atom. The molecule has 2 heterocycles. The summed E-state index contributed by atoms with van der Waals surface area (Å²) in [5.41, 5.74) is 3.13. The maximum absolute atomic E-state index is 3.96. The van der Waals surface area contributed by atoms with E-state index >= 15 is 0 Å². The maximum atomic E-state index is 3.96. The van der Waals surface area contributed by atoms with E-state index in [4.69, 9.17) is 0 Å². The standard InChI is InChI=1S/C17H24N2/c1-2-6-16-13(4-1)7-8-17(16)18-14-9-11-19-10-3-5-15(19)12-14/h1-2,4,6,14-15,17-18H,3,5,7-12H2. The summed E-state index contributed by atoms with van der Waals surface area (Å²) in [7, 11) is 0. The van der Waals surface area contributed by atoms with Gasteiger partial charge < -0.3 is 10.2 Å². The minimum Gasteiger partial charge on any atom is -0.307 e. The highest BCUT2D eigenvalue weighted by atomic mass is 15.2. The molecule has 2 heteroatoms. The van der Waals surface area contributed by atoms with Gasteiger partial charge in [-0.25, -0.2) is 0 Å².